The number of carboxylic acid groups (broad SMARTS) is 2. The fraction of sp³-hybridized carbons (Fsp3) is 0.0833. The summed E-state index contributed by atoms with van der Waals surface area (Å²) in [5.74, 6) is -3.24. The van der Waals surface area contributed by atoms with E-state index in [1.165, 1.54) is 48.5 Å². The summed E-state index contributed by atoms with van der Waals surface area (Å²) in [7, 11) is 0. The number of aromatic carboxylic acids is 2. The second-order valence-corrected chi connectivity index (χ2v) is 7.04. The molecule has 34 heavy (non-hydrogen) atoms. The Kier molecular flexibility index (Phi) is 6.30. The molecule has 2 heterocycles. The SMILES string of the molecule is O=C(O)c1cc(OC/C=C/COc2cc(C(=O)O)nc3ccc(F)cc23)c2cc(F)ccc2n1. The van der Waals surface area contributed by atoms with Crippen molar-refractivity contribution < 1.29 is 38.1 Å². The molecule has 0 spiro atoms. The first-order chi connectivity index (χ1) is 16.3. The first-order valence-corrected chi connectivity index (χ1v) is 9.89. The van der Waals surface area contributed by atoms with E-state index in [1.54, 1.807) is 12.2 Å². The average Bonchev–Trinajstić information content (AvgIpc) is 2.80. The van der Waals surface area contributed by atoms with Gasteiger partial charge in [0.2, 0.25) is 0 Å². The summed E-state index contributed by atoms with van der Waals surface area (Å²) in [6.45, 7) is 0.00822. The van der Waals surface area contributed by atoms with Gasteiger partial charge in [0.05, 0.1) is 11.0 Å². The van der Waals surface area contributed by atoms with E-state index in [-0.39, 0.29) is 47.1 Å². The van der Waals surface area contributed by atoms with Gasteiger partial charge >= 0.3 is 11.9 Å². The van der Waals surface area contributed by atoms with Crippen LogP contribution in [-0.2, 0) is 0 Å². The minimum absolute atomic E-state index is 0.00411. The molecular formula is C24H16F2N2O6. The number of ether oxygens (including phenoxy) is 2. The lowest BCUT2D eigenvalue weighted by atomic mass is 10.1. The molecule has 0 aliphatic rings. The molecule has 8 nitrogen and oxygen atoms in total. The predicted molar refractivity (Wildman–Crippen MR) is 117 cm³/mol. The van der Waals surface area contributed by atoms with E-state index in [1.807, 2.05) is 0 Å². The van der Waals surface area contributed by atoms with Crippen LogP contribution in [0.3, 0.4) is 0 Å². The largest absolute Gasteiger partial charge is 0.489 e. The van der Waals surface area contributed by atoms with Gasteiger partial charge in [0.25, 0.3) is 0 Å². The number of pyridine rings is 2. The number of fused-ring (bicyclic) bond motifs is 2. The second kappa shape index (κ2) is 9.49. The van der Waals surface area contributed by atoms with Crippen LogP contribution in [0.5, 0.6) is 11.5 Å². The molecule has 2 aromatic heterocycles. The van der Waals surface area contributed by atoms with E-state index >= 15 is 0 Å². The van der Waals surface area contributed by atoms with E-state index in [9.17, 15) is 28.6 Å². The predicted octanol–water partition coefficient (Wildman–Crippen LogP) is 4.47. The number of carbonyl (C=O) groups is 2. The number of rotatable bonds is 8. The van der Waals surface area contributed by atoms with Crippen molar-refractivity contribution in [2.75, 3.05) is 13.2 Å². The van der Waals surface area contributed by atoms with Crippen LogP contribution in [0.2, 0.25) is 0 Å². The molecule has 10 heteroatoms. The summed E-state index contributed by atoms with van der Waals surface area (Å²) in [6, 6.07) is 9.88. The summed E-state index contributed by atoms with van der Waals surface area (Å²) in [6.07, 6.45) is 3.15. The van der Waals surface area contributed by atoms with Crippen LogP contribution < -0.4 is 9.47 Å². The minimum atomic E-state index is -1.25. The fourth-order valence-electron chi connectivity index (χ4n) is 3.20. The van der Waals surface area contributed by atoms with Gasteiger partial charge in [-0.05, 0) is 48.6 Å². The van der Waals surface area contributed by atoms with Crippen LogP contribution >= 0.6 is 0 Å². The minimum Gasteiger partial charge on any atom is -0.489 e. The van der Waals surface area contributed by atoms with Crippen molar-refractivity contribution >= 4 is 33.7 Å². The summed E-state index contributed by atoms with van der Waals surface area (Å²) in [5, 5.41) is 19.1. The normalized spacial score (nSPS) is 11.2. The lowest BCUT2D eigenvalue weighted by molar-refractivity contribution is 0.0680. The van der Waals surface area contributed by atoms with Gasteiger partial charge in [-0.15, -0.1) is 0 Å². The number of aromatic nitrogens is 2. The van der Waals surface area contributed by atoms with Crippen LogP contribution in [0, 0.1) is 11.6 Å². The van der Waals surface area contributed by atoms with Crippen LogP contribution in [0.4, 0.5) is 8.78 Å². The van der Waals surface area contributed by atoms with Crippen molar-refractivity contribution in [1.82, 2.24) is 9.97 Å². The first kappa shape index (κ1) is 22.6. The summed E-state index contributed by atoms with van der Waals surface area (Å²) in [4.78, 5) is 30.5. The van der Waals surface area contributed by atoms with Crippen LogP contribution in [0.15, 0.2) is 60.7 Å². The molecule has 172 valence electrons. The van der Waals surface area contributed by atoms with Crippen molar-refractivity contribution in [3.05, 3.63) is 83.7 Å². The van der Waals surface area contributed by atoms with E-state index in [4.69, 9.17) is 9.47 Å². The van der Waals surface area contributed by atoms with E-state index in [2.05, 4.69) is 9.97 Å². The third-order valence-electron chi connectivity index (χ3n) is 4.74. The van der Waals surface area contributed by atoms with Gasteiger partial charge in [-0.25, -0.2) is 28.3 Å². The summed E-state index contributed by atoms with van der Waals surface area (Å²) in [5.41, 5.74) is 0.0594. The Labute approximate surface area is 190 Å². The molecule has 0 saturated heterocycles. The first-order valence-electron chi connectivity index (χ1n) is 9.89. The highest BCUT2D eigenvalue weighted by atomic mass is 19.1. The van der Waals surface area contributed by atoms with Gasteiger partial charge in [-0.3, -0.25) is 0 Å². The molecule has 2 N–H and O–H groups in total. The molecule has 0 unspecified atom stereocenters. The molecule has 4 rings (SSSR count). The Morgan fingerprint density at radius 1 is 0.735 bits per heavy atom. The number of nitrogens with zero attached hydrogens (tertiary/aromatic N) is 2. The maximum absolute atomic E-state index is 13.6. The molecule has 0 saturated carbocycles. The van der Waals surface area contributed by atoms with Crippen LogP contribution in [0.1, 0.15) is 21.0 Å². The summed E-state index contributed by atoms with van der Waals surface area (Å²) < 4.78 is 38.5. The molecule has 0 atom stereocenters. The topological polar surface area (TPSA) is 119 Å². The van der Waals surface area contributed by atoms with Crippen LogP contribution in [0.25, 0.3) is 21.8 Å². The van der Waals surface area contributed by atoms with Crippen molar-refractivity contribution in [3.63, 3.8) is 0 Å². The van der Waals surface area contributed by atoms with E-state index in [0.29, 0.717) is 10.8 Å². The molecule has 0 radical (unpaired) electrons. The Bertz CT molecular complexity index is 1350. The number of halogens is 2. The highest BCUT2D eigenvalue weighted by Crippen LogP contribution is 2.28. The molecule has 4 aromatic rings. The molecular weight excluding hydrogens is 450 g/mol. The zero-order valence-electron chi connectivity index (χ0n) is 17.4. The van der Waals surface area contributed by atoms with E-state index < -0.39 is 23.6 Å². The molecule has 0 fully saturated rings. The average molecular weight is 466 g/mol. The number of carboxylic acids is 2. The number of benzene rings is 2. The van der Waals surface area contributed by atoms with Gasteiger partial charge in [0.1, 0.15) is 36.3 Å². The van der Waals surface area contributed by atoms with Gasteiger partial charge in [0, 0.05) is 22.9 Å². The standard InChI is InChI=1S/C24H16F2N2O6/c25-13-3-5-17-15(9-13)21(11-19(27-17)23(29)30)33-7-1-2-8-34-22-12-20(24(31)32)28-18-6-4-14(26)10-16(18)22/h1-6,9-12H,7-8H2,(H,29,30)(H,31,32)/b2-1+. The zero-order chi connectivity index (χ0) is 24.2. The van der Waals surface area contributed by atoms with Crippen molar-refractivity contribution in [2.45, 2.75) is 0 Å². The second-order valence-electron chi connectivity index (χ2n) is 7.04. The van der Waals surface area contributed by atoms with Gasteiger partial charge in [-0.1, -0.05) is 0 Å². The Hall–Kier alpha value is -4.60. The Morgan fingerprint density at radius 2 is 1.15 bits per heavy atom. The lowest BCUT2D eigenvalue weighted by Gasteiger charge is -2.10. The van der Waals surface area contributed by atoms with E-state index in [0.717, 1.165) is 0 Å². The smallest absolute Gasteiger partial charge is 0.354 e. The summed E-state index contributed by atoms with van der Waals surface area (Å²) >= 11 is 0. The maximum Gasteiger partial charge on any atom is 0.354 e. The van der Waals surface area contributed by atoms with Crippen LogP contribution in [-0.4, -0.2) is 45.3 Å². The molecule has 0 amide bonds. The Balaban J connectivity index is 1.47. The monoisotopic (exact) mass is 466 g/mol. The molecule has 0 bridgehead atoms. The van der Waals surface area contributed by atoms with Crippen molar-refractivity contribution in [1.29, 1.82) is 0 Å². The fourth-order valence-corrected chi connectivity index (χ4v) is 3.20. The third kappa shape index (κ3) is 4.90. The maximum atomic E-state index is 13.6. The van der Waals surface area contributed by atoms with Gasteiger partial charge < -0.3 is 19.7 Å². The van der Waals surface area contributed by atoms with Crippen molar-refractivity contribution in [2.24, 2.45) is 0 Å². The van der Waals surface area contributed by atoms with Gasteiger partial charge in [-0.2, -0.15) is 0 Å². The zero-order valence-corrected chi connectivity index (χ0v) is 17.4. The van der Waals surface area contributed by atoms with Crippen molar-refractivity contribution in [3.8, 4) is 11.5 Å². The highest BCUT2D eigenvalue weighted by Gasteiger charge is 2.14. The highest BCUT2D eigenvalue weighted by molar-refractivity contribution is 5.94. The Morgan fingerprint density at radius 3 is 1.53 bits per heavy atom. The third-order valence-corrected chi connectivity index (χ3v) is 4.74. The van der Waals surface area contributed by atoms with Gasteiger partial charge in [0.15, 0.2) is 11.4 Å². The molecule has 0 aliphatic heterocycles. The quantitative estimate of drug-likeness (QED) is 0.365. The number of hydrogen-bond acceptors (Lipinski definition) is 6. The lowest BCUT2D eigenvalue weighted by Crippen LogP contribution is -2.04. The molecule has 0 aliphatic carbocycles. The molecule has 2 aromatic carbocycles. The number of hydrogen-bond donors (Lipinski definition) is 2.